The average Bonchev–Trinajstić information content (AvgIpc) is 3.47. The highest BCUT2D eigenvalue weighted by atomic mass is 19.2. The molecule has 4 rings (SSSR count). The van der Waals surface area contributed by atoms with Crippen molar-refractivity contribution >= 4 is 11.6 Å². The largest absolute Gasteiger partial charge is 0.371 e. The number of H-pyrrole nitrogens is 1. The summed E-state index contributed by atoms with van der Waals surface area (Å²) >= 11 is 0. The molecule has 1 aliphatic heterocycles. The fraction of sp³-hybridized carbons (Fsp3) is 0.333. The highest BCUT2D eigenvalue weighted by Crippen LogP contribution is 2.25. The van der Waals surface area contributed by atoms with Crippen molar-refractivity contribution < 1.29 is 8.78 Å². The molecule has 1 unspecified atom stereocenters. The molecule has 0 aliphatic carbocycles. The van der Waals surface area contributed by atoms with E-state index in [1.54, 1.807) is 13.1 Å². The predicted octanol–water partition coefficient (Wildman–Crippen LogP) is 3.89. The Morgan fingerprint density at radius 2 is 2.03 bits per heavy atom. The van der Waals surface area contributed by atoms with Gasteiger partial charge < -0.3 is 20.1 Å². The second kappa shape index (κ2) is 9.80. The summed E-state index contributed by atoms with van der Waals surface area (Å²) in [7, 11) is 3.74. The Balaban J connectivity index is 1.29. The van der Waals surface area contributed by atoms with Crippen LogP contribution in [-0.4, -0.2) is 54.6 Å². The summed E-state index contributed by atoms with van der Waals surface area (Å²) in [5, 5.41) is 3.44. The highest BCUT2D eigenvalue weighted by molar-refractivity contribution is 5.79. The van der Waals surface area contributed by atoms with Gasteiger partial charge in [-0.25, -0.2) is 13.8 Å². The molecule has 0 saturated carbocycles. The molecule has 1 aromatic heterocycles. The van der Waals surface area contributed by atoms with Crippen LogP contribution in [0.1, 0.15) is 12.2 Å². The lowest BCUT2D eigenvalue weighted by Crippen LogP contribution is -2.41. The summed E-state index contributed by atoms with van der Waals surface area (Å²) in [6, 6.07) is 14.2. The Labute approximate surface area is 187 Å². The molecule has 1 saturated heterocycles. The molecule has 0 radical (unpaired) electrons. The van der Waals surface area contributed by atoms with Gasteiger partial charge in [0.05, 0.1) is 18.4 Å². The van der Waals surface area contributed by atoms with Gasteiger partial charge in [-0.2, -0.15) is 0 Å². The van der Waals surface area contributed by atoms with Gasteiger partial charge in [-0.3, -0.25) is 4.99 Å². The fourth-order valence-electron chi connectivity index (χ4n) is 4.04. The number of anilines is 1. The van der Waals surface area contributed by atoms with Crippen LogP contribution in [0, 0.1) is 17.6 Å². The second-order valence-corrected chi connectivity index (χ2v) is 8.09. The molecule has 168 valence electrons. The Hall–Kier alpha value is -3.42. The molecule has 2 heterocycles. The van der Waals surface area contributed by atoms with E-state index in [1.807, 2.05) is 48.5 Å². The van der Waals surface area contributed by atoms with E-state index in [2.05, 4.69) is 25.2 Å². The number of nitrogens with one attached hydrogen (secondary N) is 2. The number of hydrogen-bond acceptors (Lipinski definition) is 3. The van der Waals surface area contributed by atoms with E-state index >= 15 is 0 Å². The van der Waals surface area contributed by atoms with E-state index < -0.39 is 11.6 Å². The van der Waals surface area contributed by atoms with Crippen LogP contribution in [0.3, 0.4) is 0 Å². The Kier molecular flexibility index (Phi) is 6.68. The summed E-state index contributed by atoms with van der Waals surface area (Å²) in [6.45, 7) is 2.96. The minimum absolute atomic E-state index is 0.390. The molecular weight excluding hydrogens is 410 g/mol. The van der Waals surface area contributed by atoms with Crippen LogP contribution in [0.4, 0.5) is 14.5 Å². The van der Waals surface area contributed by atoms with Gasteiger partial charge in [0.2, 0.25) is 0 Å². The molecule has 6 nitrogen and oxygen atoms in total. The molecular formula is C24H28F2N6. The monoisotopic (exact) mass is 438 g/mol. The van der Waals surface area contributed by atoms with Crippen molar-refractivity contribution in [3.8, 4) is 11.3 Å². The number of aromatic nitrogens is 2. The third-order valence-corrected chi connectivity index (χ3v) is 5.78. The Bertz CT molecular complexity index is 1070. The topological polar surface area (TPSA) is 59.6 Å². The van der Waals surface area contributed by atoms with E-state index in [-0.39, 0.29) is 0 Å². The quantitative estimate of drug-likeness (QED) is 0.453. The maximum Gasteiger partial charge on any atom is 0.193 e. The van der Waals surface area contributed by atoms with Gasteiger partial charge in [0.25, 0.3) is 0 Å². The third kappa shape index (κ3) is 5.07. The van der Waals surface area contributed by atoms with Crippen LogP contribution in [0.2, 0.25) is 0 Å². The lowest BCUT2D eigenvalue weighted by atomic mass is 10.1. The number of aliphatic imine (C=N–C) groups is 1. The highest BCUT2D eigenvalue weighted by Gasteiger charge is 2.24. The van der Waals surface area contributed by atoms with Gasteiger partial charge in [0, 0.05) is 45.5 Å². The van der Waals surface area contributed by atoms with Crippen molar-refractivity contribution in [2.24, 2.45) is 10.9 Å². The maximum absolute atomic E-state index is 13.6. The second-order valence-electron chi connectivity index (χ2n) is 8.09. The number of hydrogen-bond donors (Lipinski definition) is 2. The minimum atomic E-state index is -0.814. The van der Waals surface area contributed by atoms with E-state index in [9.17, 15) is 8.78 Å². The molecule has 0 bridgehead atoms. The molecule has 32 heavy (non-hydrogen) atoms. The molecule has 0 amide bonds. The first-order chi connectivity index (χ1) is 15.5. The number of rotatable bonds is 6. The smallest absolute Gasteiger partial charge is 0.193 e. The first-order valence-electron chi connectivity index (χ1n) is 10.7. The first kappa shape index (κ1) is 21.8. The molecule has 2 aromatic carbocycles. The number of nitrogens with zero attached hydrogens (tertiary/aromatic N) is 4. The van der Waals surface area contributed by atoms with Gasteiger partial charge >= 0.3 is 0 Å². The van der Waals surface area contributed by atoms with Crippen LogP contribution >= 0.6 is 0 Å². The molecule has 0 spiro atoms. The summed E-state index contributed by atoms with van der Waals surface area (Å²) in [5.74, 6) is 0.417. The van der Waals surface area contributed by atoms with Gasteiger partial charge in [0.15, 0.2) is 17.6 Å². The molecule has 1 fully saturated rings. The van der Waals surface area contributed by atoms with E-state index in [1.165, 1.54) is 12.1 Å². The van der Waals surface area contributed by atoms with Crippen LogP contribution < -0.4 is 10.2 Å². The number of halogens is 2. The number of guanidine groups is 1. The summed E-state index contributed by atoms with van der Waals surface area (Å²) in [5.41, 5.74) is 2.81. The summed E-state index contributed by atoms with van der Waals surface area (Å²) in [6.07, 6.45) is 2.82. The van der Waals surface area contributed by atoms with Crippen molar-refractivity contribution in [3.63, 3.8) is 0 Å². The van der Waals surface area contributed by atoms with Crippen LogP contribution in [-0.2, 0) is 6.54 Å². The van der Waals surface area contributed by atoms with Crippen LogP contribution in [0.25, 0.3) is 11.3 Å². The zero-order valence-corrected chi connectivity index (χ0v) is 18.4. The zero-order chi connectivity index (χ0) is 22.5. The molecule has 8 heteroatoms. The van der Waals surface area contributed by atoms with Crippen LogP contribution in [0.5, 0.6) is 0 Å². The van der Waals surface area contributed by atoms with Crippen LogP contribution in [0.15, 0.2) is 59.7 Å². The van der Waals surface area contributed by atoms with E-state index in [0.29, 0.717) is 12.5 Å². The SMILES string of the molecule is CN=C(NCC1CCN(c2ccc(F)c(F)c2)C1)N(C)Cc1ncc(-c2ccccc2)[nH]1. The van der Waals surface area contributed by atoms with Crippen molar-refractivity contribution in [3.05, 3.63) is 72.2 Å². The van der Waals surface area contributed by atoms with Gasteiger partial charge in [-0.15, -0.1) is 0 Å². The molecule has 2 N–H and O–H groups in total. The lowest BCUT2D eigenvalue weighted by molar-refractivity contribution is 0.452. The van der Waals surface area contributed by atoms with Gasteiger partial charge in [-0.1, -0.05) is 30.3 Å². The standard InChI is InChI=1S/C24H28F2N6/c1-27-24(31(2)16-23-28-14-22(30-23)18-6-4-3-5-7-18)29-13-17-10-11-32(15-17)19-8-9-20(25)21(26)12-19/h3-9,12,14,17H,10-11,13,15-16H2,1-2H3,(H,27,29)(H,28,30). The molecule has 1 aliphatic rings. The average molecular weight is 439 g/mol. The summed E-state index contributed by atoms with van der Waals surface area (Å²) < 4.78 is 26.8. The maximum atomic E-state index is 13.6. The third-order valence-electron chi connectivity index (χ3n) is 5.78. The van der Waals surface area contributed by atoms with Crippen molar-refractivity contribution in [1.29, 1.82) is 0 Å². The Morgan fingerprint density at radius 1 is 1.22 bits per heavy atom. The van der Waals surface area contributed by atoms with E-state index in [4.69, 9.17) is 0 Å². The number of aromatic amines is 1. The predicted molar refractivity (Wildman–Crippen MR) is 124 cm³/mol. The van der Waals surface area contributed by atoms with Gasteiger partial charge in [-0.05, 0) is 30.0 Å². The lowest BCUT2D eigenvalue weighted by Gasteiger charge is -2.23. The van der Waals surface area contributed by atoms with Gasteiger partial charge in [0.1, 0.15) is 5.82 Å². The normalized spacial score (nSPS) is 16.4. The molecule has 1 atom stereocenters. The summed E-state index contributed by atoms with van der Waals surface area (Å²) in [4.78, 5) is 16.4. The fourth-order valence-corrected chi connectivity index (χ4v) is 4.04. The van der Waals surface area contributed by atoms with Crippen molar-refractivity contribution in [2.75, 3.05) is 38.6 Å². The zero-order valence-electron chi connectivity index (χ0n) is 18.4. The van der Waals surface area contributed by atoms with Crippen molar-refractivity contribution in [1.82, 2.24) is 20.2 Å². The van der Waals surface area contributed by atoms with Crippen molar-refractivity contribution in [2.45, 2.75) is 13.0 Å². The number of imidazole rings is 1. The molecule has 3 aromatic rings. The minimum Gasteiger partial charge on any atom is -0.371 e. The first-order valence-corrected chi connectivity index (χ1v) is 10.7. The van der Waals surface area contributed by atoms with E-state index in [0.717, 1.165) is 54.8 Å². The Morgan fingerprint density at radius 3 is 2.78 bits per heavy atom. The number of benzene rings is 2.